The van der Waals surface area contributed by atoms with Gasteiger partial charge >= 0.3 is 5.97 Å². The molecule has 1 heterocycles. The Labute approximate surface area is 121 Å². The third-order valence-corrected chi connectivity index (χ3v) is 3.89. The van der Waals surface area contributed by atoms with E-state index in [9.17, 15) is 4.79 Å². The number of cyclic esters (lactones) is 1. The zero-order valence-electron chi connectivity index (χ0n) is 12.5. The number of carbonyl (C=O) groups excluding carboxylic acids is 1. The summed E-state index contributed by atoms with van der Waals surface area (Å²) in [6.07, 6.45) is 6.72. The molecule has 0 saturated carbocycles. The minimum atomic E-state index is -0.119. The smallest absolute Gasteiger partial charge is 0.338 e. The molecule has 0 spiro atoms. The summed E-state index contributed by atoms with van der Waals surface area (Å²) < 4.78 is 5.23. The minimum Gasteiger partial charge on any atom is -0.454 e. The highest BCUT2D eigenvalue weighted by Gasteiger charge is 2.37. The van der Waals surface area contributed by atoms with Crippen LogP contribution in [-0.4, -0.2) is 12.1 Å². The van der Waals surface area contributed by atoms with E-state index >= 15 is 0 Å². The first-order valence-electron chi connectivity index (χ1n) is 7.77. The van der Waals surface area contributed by atoms with Crippen LogP contribution in [0.3, 0.4) is 0 Å². The van der Waals surface area contributed by atoms with E-state index in [1.165, 1.54) is 30.4 Å². The fourth-order valence-electron chi connectivity index (χ4n) is 2.73. The third-order valence-electron chi connectivity index (χ3n) is 3.89. The summed E-state index contributed by atoms with van der Waals surface area (Å²) in [6, 6.07) is 10.3. The van der Waals surface area contributed by atoms with Gasteiger partial charge in [0.15, 0.2) is 0 Å². The van der Waals surface area contributed by atoms with Crippen LogP contribution in [0.4, 0.5) is 0 Å². The van der Waals surface area contributed by atoms with Crippen molar-refractivity contribution in [2.24, 2.45) is 0 Å². The molecule has 0 radical (unpaired) electrons. The Balaban J connectivity index is 2.20. The molecule has 1 atom stereocenters. The number of carbonyl (C=O) groups is 1. The lowest BCUT2D eigenvalue weighted by Gasteiger charge is -2.31. The molecule has 1 aliphatic heterocycles. The first kappa shape index (κ1) is 14.8. The molecule has 20 heavy (non-hydrogen) atoms. The van der Waals surface area contributed by atoms with Crippen LogP contribution in [0.25, 0.3) is 5.57 Å². The summed E-state index contributed by atoms with van der Waals surface area (Å²) in [5.74, 6) is -0.119. The van der Waals surface area contributed by atoms with E-state index in [2.05, 4.69) is 26.0 Å². The molecule has 0 amide bonds. The van der Waals surface area contributed by atoms with Crippen LogP contribution in [0.2, 0.25) is 0 Å². The molecule has 1 aromatic rings. The predicted molar refractivity (Wildman–Crippen MR) is 82.3 cm³/mol. The van der Waals surface area contributed by atoms with E-state index in [4.69, 9.17) is 4.74 Å². The second kappa shape index (κ2) is 7.28. The number of ether oxygens (including phenoxy) is 1. The lowest BCUT2D eigenvalue weighted by atomic mass is 9.88. The summed E-state index contributed by atoms with van der Waals surface area (Å²) in [7, 11) is 0. The largest absolute Gasteiger partial charge is 0.454 e. The van der Waals surface area contributed by atoms with E-state index in [1.807, 2.05) is 18.2 Å². The van der Waals surface area contributed by atoms with Crippen molar-refractivity contribution in [1.29, 1.82) is 0 Å². The predicted octanol–water partition coefficient (Wildman–Crippen LogP) is 4.75. The van der Waals surface area contributed by atoms with Gasteiger partial charge in [0.1, 0.15) is 6.10 Å². The average Bonchev–Trinajstić information content (AvgIpc) is 2.48. The van der Waals surface area contributed by atoms with Gasteiger partial charge in [0, 0.05) is 0 Å². The maximum atomic E-state index is 11.8. The summed E-state index contributed by atoms with van der Waals surface area (Å²) >= 11 is 0. The van der Waals surface area contributed by atoms with Gasteiger partial charge in [-0.2, -0.15) is 0 Å². The van der Waals surface area contributed by atoms with Gasteiger partial charge < -0.3 is 4.74 Å². The molecule has 2 heteroatoms. The standard InChI is InChI=1S/C18H24O2/c1-3-5-6-10-13-15(14-11-8-7-9-12-14)17-16(4-2)20-18(17)19/h7-9,11-12,16H,3-6,10,13H2,1-2H3/b17-15+/t16-/m0/s1. The molecule has 108 valence electrons. The van der Waals surface area contributed by atoms with Crippen LogP contribution in [0.5, 0.6) is 0 Å². The molecular formula is C18H24O2. The summed E-state index contributed by atoms with van der Waals surface area (Å²) in [4.78, 5) is 11.8. The number of hydrogen-bond donors (Lipinski definition) is 0. The van der Waals surface area contributed by atoms with Gasteiger partial charge in [0.2, 0.25) is 0 Å². The van der Waals surface area contributed by atoms with Crippen LogP contribution in [0.15, 0.2) is 35.9 Å². The summed E-state index contributed by atoms with van der Waals surface area (Å²) in [6.45, 7) is 4.28. The zero-order chi connectivity index (χ0) is 14.4. The molecular weight excluding hydrogens is 248 g/mol. The van der Waals surface area contributed by atoms with Gasteiger partial charge in [0.05, 0.1) is 5.57 Å². The van der Waals surface area contributed by atoms with E-state index < -0.39 is 0 Å². The van der Waals surface area contributed by atoms with Crippen LogP contribution >= 0.6 is 0 Å². The molecule has 2 nitrogen and oxygen atoms in total. The molecule has 1 fully saturated rings. The van der Waals surface area contributed by atoms with E-state index in [0.29, 0.717) is 0 Å². The van der Waals surface area contributed by atoms with Crippen LogP contribution in [-0.2, 0) is 9.53 Å². The second-order valence-electron chi connectivity index (χ2n) is 5.37. The number of esters is 1. The van der Waals surface area contributed by atoms with Crippen molar-refractivity contribution in [2.75, 3.05) is 0 Å². The maximum Gasteiger partial charge on any atom is 0.338 e. The number of hydrogen-bond acceptors (Lipinski definition) is 2. The molecule has 0 aromatic heterocycles. The van der Waals surface area contributed by atoms with Gasteiger partial charge in [0.25, 0.3) is 0 Å². The highest BCUT2D eigenvalue weighted by atomic mass is 16.6. The normalized spacial score (nSPS) is 20.3. The molecule has 1 saturated heterocycles. The number of rotatable bonds is 7. The van der Waals surface area contributed by atoms with Crippen molar-refractivity contribution in [3.05, 3.63) is 41.5 Å². The van der Waals surface area contributed by atoms with Crippen molar-refractivity contribution in [2.45, 2.75) is 58.5 Å². The highest BCUT2D eigenvalue weighted by molar-refractivity contribution is 6.03. The highest BCUT2D eigenvalue weighted by Crippen LogP contribution is 2.35. The van der Waals surface area contributed by atoms with Crippen molar-refractivity contribution in [1.82, 2.24) is 0 Å². The molecule has 2 rings (SSSR count). The SMILES string of the molecule is CCCCCC/C(=C1\C(=O)O[C@H]1CC)c1ccccc1. The molecule has 1 aliphatic rings. The first-order valence-corrected chi connectivity index (χ1v) is 7.77. The third kappa shape index (κ3) is 3.30. The topological polar surface area (TPSA) is 26.3 Å². The molecule has 0 bridgehead atoms. The van der Waals surface area contributed by atoms with Crippen LogP contribution in [0.1, 0.15) is 57.9 Å². The average molecular weight is 272 g/mol. The van der Waals surface area contributed by atoms with Gasteiger partial charge in [-0.05, 0) is 30.4 Å². The van der Waals surface area contributed by atoms with Gasteiger partial charge in [-0.25, -0.2) is 4.79 Å². The van der Waals surface area contributed by atoms with E-state index in [0.717, 1.165) is 24.8 Å². The Bertz CT molecular complexity index is 473. The first-order chi connectivity index (χ1) is 9.77. The van der Waals surface area contributed by atoms with Crippen molar-refractivity contribution in [3.8, 4) is 0 Å². The molecule has 0 N–H and O–H groups in total. The van der Waals surface area contributed by atoms with Crippen molar-refractivity contribution < 1.29 is 9.53 Å². The Morgan fingerprint density at radius 1 is 1.10 bits per heavy atom. The zero-order valence-corrected chi connectivity index (χ0v) is 12.5. The lowest BCUT2D eigenvalue weighted by Crippen LogP contribution is -2.37. The Morgan fingerprint density at radius 2 is 1.85 bits per heavy atom. The number of allylic oxidation sites excluding steroid dienone is 1. The quantitative estimate of drug-likeness (QED) is 0.407. The van der Waals surface area contributed by atoms with Gasteiger partial charge in [-0.1, -0.05) is 63.4 Å². The Hall–Kier alpha value is -1.57. The molecule has 0 unspecified atom stereocenters. The van der Waals surface area contributed by atoms with Gasteiger partial charge in [-0.3, -0.25) is 0 Å². The van der Waals surface area contributed by atoms with Crippen molar-refractivity contribution in [3.63, 3.8) is 0 Å². The number of unbranched alkanes of at least 4 members (excludes halogenated alkanes) is 3. The fourth-order valence-corrected chi connectivity index (χ4v) is 2.73. The van der Waals surface area contributed by atoms with Crippen molar-refractivity contribution >= 4 is 11.5 Å². The molecule has 1 aromatic carbocycles. The Morgan fingerprint density at radius 3 is 2.45 bits per heavy atom. The lowest BCUT2D eigenvalue weighted by molar-refractivity contribution is -0.155. The summed E-state index contributed by atoms with van der Waals surface area (Å²) in [5, 5.41) is 0. The van der Waals surface area contributed by atoms with E-state index in [-0.39, 0.29) is 12.1 Å². The van der Waals surface area contributed by atoms with E-state index in [1.54, 1.807) is 0 Å². The summed E-state index contributed by atoms with van der Waals surface area (Å²) in [5.41, 5.74) is 3.29. The van der Waals surface area contributed by atoms with Crippen LogP contribution in [0, 0.1) is 0 Å². The second-order valence-corrected chi connectivity index (χ2v) is 5.37. The fraction of sp³-hybridized carbons (Fsp3) is 0.500. The molecule has 0 aliphatic carbocycles. The van der Waals surface area contributed by atoms with Crippen LogP contribution < -0.4 is 0 Å². The number of benzene rings is 1. The monoisotopic (exact) mass is 272 g/mol. The minimum absolute atomic E-state index is 0.00359. The Kier molecular flexibility index (Phi) is 5.40. The van der Waals surface area contributed by atoms with Gasteiger partial charge in [-0.15, -0.1) is 0 Å². The maximum absolute atomic E-state index is 11.8.